The number of Topliss-reactive ketones (excluding diaryl/α,β-unsaturated/α-hetero) is 1. The quantitative estimate of drug-likeness (QED) is 0.359. The Kier molecular flexibility index (Phi) is 8.88. The van der Waals surface area contributed by atoms with Gasteiger partial charge in [-0.2, -0.15) is 0 Å². The molecule has 0 radical (unpaired) electrons. The van der Waals surface area contributed by atoms with E-state index in [9.17, 15) is 18.8 Å². The van der Waals surface area contributed by atoms with Crippen LogP contribution < -0.4 is 10.6 Å². The first-order valence-electron chi connectivity index (χ1n) is 12.3. The van der Waals surface area contributed by atoms with Crippen LogP contribution in [0.3, 0.4) is 0 Å². The van der Waals surface area contributed by atoms with E-state index >= 15 is 0 Å². The third-order valence-electron chi connectivity index (χ3n) is 6.61. The zero-order valence-electron chi connectivity index (χ0n) is 21.3. The first-order valence-corrected chi connectivity index (χ1v) is 12.7. The first-order chi connectivity index (χ1) is 18.2. The average Bonchev–Trinajstić information content (AvgIpc) is 3.39. The molecule has 1 aliphatic heterocycles. The number of nitrogens with zero attached hydrogens (tertiary/aromatic N) is 3. The van der Waals surface area contributed by atoms with Crippen molar-refractivity contribution in [2.75, 3.05) is 45.1 Å². The second-order valence-electron chi connectivity index (χ2n) is 9.40. The summed E-state index contributed by atoms with van der Waals surface area (Å²) in [5.74, 6) is -1.70. The zero-order chi connectivity index (χ0) is 27.2. The lowest BCUT2D eigenvalue weighted by Gasteiger charge is -2.36. The van der Waals surface area contributed by atoms with Gasteiger partial charge >= 0.3 is 0 Å². The lowest BCUT2D eigenvalue weighted by Crippen LogP contribution is -2.51. The van der Waals surface area contributed by atoms with Crippen molar-refractivity contribution < 1.29 is 18.8 Å². The summed E-state index contributed by atoms with van der Waals surface area (Å²) in [5, 5.41) is 5.68. The number of aromatic nitrogens is 2. The minimum atomic E-state index is -0.537. The molecule has 1 fully saturated rings. The number of likely N-dealkylation sites (N-methyl/N-ethyl adjacent to an activating group) is 1. The SMILES string of the molecule is CC(CNC(=O)c1[nH]cnc1C(=O)Nc1ccc(CC(=O)c2ccc(F)cc2Cl)cc1)N1CCN(C)CC1. The number of aromatic amines is 1. The van der Waals surface area contributed by atoms with Gasteiger partial charge in [0.25, 0.3) is 11.8 Å². The van der Waals surface area contributed by atoms with Gasteiger partial charge in [-0.05, 0) is 49.9 Å². The summed E-state index contributed by atoms with van der Waals surface area (Å²) in [5.41, 5.74) is 1.49. The molecular weight excluding hydrogens is 511 g/mol. The van der Waals surface area contributed by atoms with E-state index in [0.29, 0.717) is 17.8 Å². The average molecular weight is 541 g/mol. The van der Waals surface area contributed by atoms with E-state index in [-0.39, 0.29) is 40.2 Å². The van der Waals surface area contributed by atoms with Gasteiger partial charge in [0.1, 0.15) is 11.5 Å². The molecule has 2 heterocycles. The Labute approximate surface area is 225 Å². The van der Waals surface area contributed by atoms with Crippen molar-refractivity contribution >= 4 is 34.9 Å². The van der Waals surface area contributed by atoms with Crippen LogP contribution >= 0.6 is 11.6 Å². The van der Waals surface area contributed by atoms with Crippen molar-refractivity contribution in [1.82, 2.24) is 25.1 Å². The minimum absolute atomic E-state index is 0.0139. The molecule has 0 bridgehead atoms. The Morgan fingerprint density at radius 3 is 2.47 bits per heavy atom. The number of halogens is 2. The van der Waals surface area contributed by atoms with Gasteiger partial charge in [0.15, 0.2) is 11.5 Å². The number of hydrogen-bond donors (Lipinski definition) is 3. The van der Waals surface area contributed by atoms with Crippen molar-refractivity contribution in [3.05, 3.63) is 82.1 Å². The third-order valence-corrected chi connectivity index (χ3v) is 6.92. The first kappa shape index (κ1) is 27.4. The normalized spacial score (nSPS) is 15.2. The van der Waals surface area contributed by atoms with Gasteiger partial charge in [0, 0.05) is 56.4 Å². The topological polar surface area (TPSA) is 110 Å². The molecule has 0 saturated carbocycles. The van der Waals surface area contributed by atoms with E-state index in [1.54, 1.807) is 24.3 Å². The highest BCUT2D eigenvalue weighted by molar-refractivity contribution is 6.34. The Balaban J connectivity index is 1.32. The van der Waals surface area contributed by atoms with Gasteiger partial charge in [-0.1, -0.05) is 23.7 Å². The van der Waals surface area contributed by atoms with Crippen LogP contribution in [0.25, 0.3) is 0 Å². The van der Waals surface area contributed by atoms with Gasteiger partial charge in [-0.15, -0.1) is 0 Å². The van der Waals surface area contributed by atoms with E-state index in [1.807, 2.05) is 0 Å². The number of benzene rings is 2. The lowest BCUT2D eigenvalue weighted by atomic mass is 10.0. The molecule has 1 aromatic heterocycles. The summed E-state index contributed by atoms with van der Waals surface area (Å²) < 4.78 is 13.2. The largest absolute Gasteiger partial charge is 0.349 e. The smallest absolute Gasteiger partial charge is 0.276 e. The maximum absolute atomic E-state index is 13.2. The fourth-order valence-electron chi connectivity index (χ4n) is 4.25. The number of amides is 2. The Morgan fingerprint density at radius 2 is 1.79 bits per heavy atom. The van der Waals surface area contributed by atoms with Crippen LogP contribution in [-0.2, 0) is 6.42 Å². The molecule has 1 atom stereocenters. The fourth-order valence-corrected chi connectivity index (χ4v) is 4.53. The van der Waals surface area contributed by atoms with E-state index in [4.69, 9.17) is 11.6 Å². The predicted molar refractivity (Wildman–Crippen MR) is 143 cm³/mol. The highest BCUT2D eigenvalue weighted by Crippen LogP contribution is 2.20. The van der Waals surface area contributed by atoms with Crippen molar-refractivity contribution in [2.24, 2.45) is 0 Å². The molecule has 3 N–H and O–H groups in total. The Morgan fingerprint density at radius 1 is 1.08 bits per heavy atom. The van der Waals surface area contributed by atoms with Crippen LogP contribution in [0.5, 0.6) is 0 Å². The molecule has 3 aromatic rings. The van der Waals surface area contributed by atoms with Crippen LogP contribution in [0, 0.1) is 5.82 Å². The molecule has 2 amide bonds. The summed E-state index contributed by atoms with van der Waals surface area (Å²) in [6.07, 6.45) is 1.37. The second kappa shape index (κ2) is 12.3. The molecule has 0 spiro atoms. The van der Waals surface area contributed by atoms with Gasteiger partial charge in [-0.3, -0.25) is 19.3 Å². The van der Waals surface area contributed by atoms with Crippen LogP contribution in [0.4, 0.5) is 10.1 Å². The van der Waals surface area contributed by atoms with Crippen molar-refractivity contribution in [2.45, 2.75) is 19.4 Å². The fraction of sp³-hybridized carbons (Fsp3) is 0.333. The van der Waals surface area contributed by atoms with Crippen LogP contribution in [0.15, 0.2) is 48.8 Å². The van der Waals surface area contributed by atoms with Crippen molar-refractivity contribution in [3.8, 4) is 0 Å². The van der Waals surface area contributed by atoms with E-state index in [2.05, 4.69) is 44.4 Å². The lowest BCUT2D eigenvalue weighted by molar-refractivity contribution is 0.0891. The second-order valence-corrected chi connectivity index (χ2v) is 9.81. The Hall–Kier alpha value is -3.60. The minimum Gasteiger partial charge on any atom is -0.349 e. The molecule has 4 rings (SSSR count). The Bertz CT molecular complexity index is 1300. The van der Waals surface area contributed by atoms with Gasteiger partial charge in [0.2, 0.25) is 0 Å². The number of imidazole rings is 1. The summed E-state index contributed by atoms with van der Waals surface area (Å²) in [6.45, 7) is 6.38. The molecule has 200 valence electrons. The summed E-state index contributed by atoms with van der Waals surface area (Å²) >= 11 is 5.98. The van der Waals surface area contributed by atoms with Crippen LogP contribution in [0.2, 0.25) is 5.02 Å². The number of anilines is 1. The molecule has 38 heavy (non-hydrogen) atoms. The van der Waals surface area contributed by atoms with Crippen molar-refractivity contribution in [3.63, 3.8) is 0 Å². The van der Waals surface area contributed by atoms with Gasteiger partial charge in [-0.25, -0.2) is 9.37 Å². The van der Waals surface area contributed by atoms with E-state index < -0.39 is 17.6 Å². The standard InChI is InChI=1S/C27H30ClFN6O3/c1-17(35-11-9-34(2)10-12-35)15-30-26(37)24-25(32-16-31-24)27(38)33-20-6-3-18(4-7-20)13-23(36)21-8-5-19(29)14-22(21)28/h3-8,14,16-17H,9-13,15H2,1-2H3,(H,30,37)(H,31,32)(H,33,38). The molecule has 9 nitrogen and oxygen atoms in total. The van der Waals surface area contributed by atoms with Gasteiger partial charge < -0.3 is 20.5 Å². The zero-order valence-corrected chi connectivity index (χ0v) is 22.0. The molecule has 1 unspecified atom stereocenters. The van der Waals surface area contributed by atoms with Crippen LogP contribution in [-0.4, -0.2) is 83.2 Å². The number of ketones is 1. The maximum atomic E-state index is 13.2. The number of carbonyl (C=O) groups excluding carboxylic acids is 3. The maximum Gasteiger partial charge on any atom is 0.276 e. The molecule has 2 aromatic carbocycles. The van der Waals surface area contributed by atoms with Crippen LogP contribution in [0.1, 0.15) is 43.8 Å². The number of carbonyl (C=O) groups is 3. The summed E-state index contributed by atoms with van der Waals surface area (Å²) in [4.78, 5) is 49.5. The molecule has 0 aliphatic carbocycles. The molecule has 1 aliphatic rings. The van der Waals surface area contributed by atoms with E-state index in [1.165, 1.54) is 18.5 Å². The summed E-state index contributed by atoms with van der Waals surface area (Å²) in [7, 11) is 2.09. The number of piperazine rings is 1. The molecule has 11 heteroatoms. The van der Waals surface area contributed by atoms with E-state index in [0.717, 1.165) is 32.2 Å². The number of hydrogen-bond acceptors (Lipinski definition) is 6. The number of nitrogens with one attached hydrogen (secondary N) is 3. The predicted octanol–water partition coefficient (Wildman–Crippen LogP) is 3.25. The number of rotatable bonds is 9. The summed E-state index contributed by atoms with van der Waals surface area (Å²) in [6, 6.07) is 10.5. The monoisotopic (exact) mass is 540 g/mol. The third kappa shape index (κ3) is 6.83. The number of H-pyrrole nitrogens is 1. The molecule has 1 saturated heterocycles. The highest BCUT2D eigenvalue weighted by atomic mass is 35.5. The van der Waals surface area contributed by atoms with Gasteiger partial charge in [0.05, 0.1) is 11.3 Å². The van der Waals surface area contributed by atoms with Crippen molar-refractivity contribution in [1.29, 1.82) is 0 Å². The molecular formula is C27H30ClFN6O3. The highest BCUT2D eigenvalue weighted by Gasteiger charge is 2.23.